The second-order valence-corrected chi connectivity index (χ2v) is 4.48. The number of thiocarbonyl (C=S) groups is 1. The highest BCUT2D eigenvalue weighted by molar-refractivity contribution is 7.80. The zero-order valence-electron chi connectivity index (χ0n) is 9.64. The average molecular weight is 294 g/mol. The molecule has 19 heavy (non-hydrogen) atoms. The highest BCUT2D eigenvalue weighted by Crippen LogP contribution is 2.09. The van der Waals surface area contributed by atoms with Crippen molar-refractivity contribution in [3.05, 3.63) is 38.4 Å². The Bertz CT molecular complexity index is 712. The molecular weight excluding hydrogens is 284 g/mol. The lowest BCUT2D eigenvalue weighted by molar-refractivity contribution is 0.448. The van der Waals surface area contributed by atoms with Crippen molar-refractivity contribution in [2.24, 2.45) is 4.99 Å². The molecule has 2 heterocycles. The van der Waals surface area contributed by atoms with Gasteiger partial charge in [-0.2, -0.15) is 0 Å². The van der Waals surface area contributed by atoms with Crippen LogP contribution in [0.15, 0.2) is 27.5 Å². The smallest absolute Gasteiger partial charge is 0.262 e. The summed E-state index contributed by atoms with van der Waals surface area (Å²) in [4.78, 5) is 20.3. The molecule has 1 aromatic rings. The predicted octanol–water partition coefficient (Wildman–Crippen LogP) is 1.04. The van der Waals surface area contributed by atoms with Gasteiger partial charge < -0.3 is 15.4 Å². The summed E-state index contributed by atoms with van der Waals surface area (Å²) < 4.78 is 0.0788. The van der Waals surface area contributed by atoms with Gasteiger partial charge in [0.15, 0.2) is 9.88 Å². The Balaban J connectivity index is 2.23. The largest absolute Gasteiger partial charge is 0.494 e. The van der Waals surface area contributed by atoms with E-state index in [-0.39, 0.29) is 16.2 Å². The Labute approximate surface area is 118 Å². The van der Waals surface area contributed by atoms with Crippen LogP contribution >= 0.6 is 24.4 Å². The monoisotopic (exact) mass is 294 g/mol. The van der Waals surface area contributed by atoms with Crippen LogP contribution in [0.4, 0.5) is 0 Å². The summed E-state index contributed by atoms with van der Waals surface area (Å²) in [5.41, 5.74) is 0.568. The predicted molar refractivity (Wildman–Crippen MR) is 80.1 cm³/mol. The van der Waals surface area contributed by atoms with Crippen LogP contribution in [-0.4, -0.2) is 32.9 Å². The van der Waals surface area contributed by atoms with Crippen molar-refractivity contribution in [1.82, 2.24) is 15.3 Å². The number of H-pyrrole nitrogens is 2. The summed E-state index contributed by atoms with van der Waals surface area (Å²) in [5, 5.41) is 12.9. The van der Waals surface area contributed by atoms with Gasteiger partial charge in [0.05, 0.1) is 5.56 Å². The van der Waals surface area contributed by atoms with Gasteiger partial charge >= 0.3 is 0 Å². The Hall–Kier alpha value is -2.06. The Kier molecular flexibility index (Phi) is 4.03. The molecule has 0 saturated carbocycles. The maximum Gasteiger partial charge on any atom is 0.262 e. The van der Waals surface area contributed by atoms with Gasteiger partial charge in [-0.25, -0.2) is 4.99 Å². The van der Waals surface area contributed by atoms with Crippen molar-refractivity contribution in [3.8, 4) is 5.88 Å². The zero-order valence-corrected chi connectivity index (χ0v) is 11.3. The summed E-state index contributed by atoms with van der Waals surface area (Å²) in [7, 11) is 0. The highest BCUT2D eigenvalue weighted by atomic mass is 32.1. The Morgan fingerprint density at radius 1 is 1.37 bits per heavy atom. The van der Waals surface area contributed by atoms with E-state index < -0.39 is 5.56 Å². The maximum atomic E-state index is 11.6. The van der Waals surface area contributed by atoms with E-state index >= 15 is 0 Å². The molecule has 0 fully saturated rings. The van der Waals surface area contributed by atoms with Gasteiger partial charge in [0.1, 0.15) is 0 Å². The van der Waals surface area contributed by atoms with Crippen LogP contribution in [-0.2, 0) is 0 Å². The molecule has 8 heteroatoms. The van der Waals surface area contributed by atoms with Crippen molar-refractivity contribution in [1.29, 1.82) is 0 Å². The van der Waals surface area contributed by atoms with Crippen LogP contribution in [0.2, 0.25) is 0 Å². The van der Waals surface area contributed by atoms with Crippen molar-refractivity contribution < 1.29 is 5.11 Å². The molecule has 0 atom stereocenters. The molecule has 4 N–H and O–H groups in total. The van der Waals surface area contributed by atoms with Crippen LogP contribution < -0.4 is 10.9 Å². The zero-order chi connectivity index (χ0) is 13.8. The molecule has 6 nitrogen and oxygen atoms in total. The molecule has 0 saturated heterocycles. The van der Waals surface area contributed by atoms with Crippen molar-refractivity contribution in [2.75, 3.05) is 6.54 Å². The van der Waals surface area contributed by atoms with Crippen LogP contribution in [0, 0.1) is 4.77 Å². The van der Waals surface area contributed by atoms with Gasteiger partial charge in [-0.3, -0.25) is 9.78 Å². The lowest BCUT2D eigenvalue weighted by Gasteiger charge is -2.09. The highest BCUT2D eigenvalue weighted by Gasteiger charge is 2.03. The van der Waals surface area contributed by atoms with Gasteiger partial charge in [-0.05, 0) is 36.1 Å². The first kappa shape index (κ1) is 13.4. The first-order valence-electron chi connectivity index (χ1n) is 5.31. The molecule has 0 aliphatic carbocycles. The van der Waals surface area contributed by atoms with Crippen molar-refractivity contribution in [3.63, 3.8) is 0 Å². The fourth-order valence-electron chi connectivity index (χ4n) is 1.42. The number of rotatable bonds is 2. The second-order valence-electron chi connectivity index (χ2n) is 3.69. The van der Waals surface area contributed by atoms with E-state index in [9.17, 15) is 9.90 Å². The minimum Gasteiger partial charge on any atom is -0.494 e. The quantitative estimate of drug-likeness (QED) is 0.612. The number of aliphatic imine (C=N–C) groups is 1. The van der Waals surface area contributed by atoms with E-state index in [1.54, 1.807) is 18.4 Å². The number of hydrogen-bond donors (Lipinski definition) is 4. The van der Waals surface area contributed by atoms with E-state index in [0.29, 0.717) is 11.7 Å². The molecule has 1 aromatic heterocycles. The average Bonchev–Trinajstić information content (AvgIpc) is 2.34. The van der Waals surface area contributed by atoms with Gasteiger partial charge in [0.2, 0.25) is 5.88 Å². The Morgan fingerprint density at radius 3 is 2.79 bits per heavy atom. The lowest BCUT2D eigenvalue weighted by atomic mass is 10.2. The first-order chi connectivity index (χ1) is 9.06. The lowest BCUT2D eigenvalue weighted by Crippen LogP contribution is -2.26. The third kappa shape index (κ3) is 3.46. The number of hydrogen-bond acceptors (Lipinski definition) is 4. The molecule has 1 aliphatic rings. The van der Waals surface area contributed by atoms with E-state index in [1.165, 1.54) is 6.08 Å². The molecule has 98 valence electrons. The fraction of sp³-hybridized carbons (Fsp3) is 0.0909. The van der Waals surface area contributed by atoms with Crippen LogP contribution in [0.5, 0.6) is 5.88 Å². The van der Waals surface area contributed by atoms with Crippen LogP contribution in [0.1, 0.15) is 5.56 Å². The van der Waals surface area contributed by atoms with E-state index in [0.717, 1.165) is 5.57 Å². The fourth-order valence-corrected chi connectivity index (χ4v) is 1.73. The van der Waals surface area contributed by atoms with Gasteiger partial charge in [-0.15, -0.1) is 0 Å². The normalized spacial score (nSPS) is 17.1. The molecular formula is C11H10N4O2S2. The molecule has 0 spiro atoms. The molecule has 1 aliphatic heterocycles. The third-order valence-corrected chi connectivity index (χ3v) is 2.78. The molecule has 2 rings (SSSR count). The van der Waals surface area contributed by atoms with Gasteiger partial charge in [0.25, 0.3) is 5.56 Å². The molecule has 0 aromatic carbocycles. The van der Waals surface area contributed by atoms with Crippen LogP contribution in [0.25, 0.3) is 6.08 Å². The standard InChI is InChI=1S/C11H10N4O2S2/c16-8-7(9(17)15-11(19)14-8)3-1-2-6-4-12-10(18)13-5-6/h1-4H,5H2,(H,13,18)(H3,14,15,16,17,19). The van der Waals surface area contributed by atoms with E-state index in [2.05, 4.69) is 20.3 Å². The minimum absolute atomic E-state index is 0.0788. The number of aromatic hydroxyl groups is 1. The number of aromatic amines is 2. The van der Waals surface area contributed by atoms with Gasteiger partial charge in [0, 0.05) is 12.8 Å². The molecule has 0 radical (unpaired) electrons. The van der Waals surface area contributed by atoms with Crippen LogP contribution in [0.3, 0.4) is 0 Å². The first-order valence-corrected chi connectivity index (χ1v) is 6.12. The van der Waals surface area contributed by atoms with Gasteiger partial charge in [-0.1, -0.05) is 12.2 Å². The summed E-state index contributed by atoms with van der Waals surface area (Å²) in [6.45, 7) is 0.576. The third-order valence-electron chi connectivity index (χ3n) is 2.32. The van der Waals surface area contributed by atoms with Crippen molar-refractivity contribution >= 4 is 41.8 Å². The molecule has 0 bridgehead atoms. The molecule has 0 amide bonds. The summed E-state index contributed by atoms with van der Waals surface area (Å²) >= 11 is 9.58. The minimum atomic E-state index is -0.451. The Morgan fingerprint density at radius 2 is 2.16 bits per heavy atom. The SMILES string of the molecule is O=c1[nH]c(=S)[nH]c(O)c1C=CC=C1C=NC(=S)NC1. The number of nitrogens with zero attached hydrogens (tertiary/aromatic N) is 1. The van der Waals surface area contributed by atoms with Crippen molar-refractivity contribution in [2.45, 2.75) is 0 Å². The second kappa shape index (κ2) is 5.72. The summed E-state index contributed by atoms with van der Waals surface area (Å²) in [5.74, 6) is -0.264. The molecule has 0 unspecified atom stereocenters. The number of allylic oxidation sites excluding steroid dienone is 2. The number of nitrogens with one attached hydrogen (secondary N) is 3. The maximum absolute atomic E-state index is 11.6. The topological polar surface area (TPSA) is 93.3 Å². The number of aromatic nitrogens is 2. The van der Waals surface area contributed by atoms with E-state index in [4.69, 9.17) is 24.4 Å². The summed E-state index contributed by atoms with van der Waals surface area (Å²) in [6.07, 6.45) is 6.52. The van der Waals surface area contributed by atoms with E-state index in [1.807, 2.05) is 0 Å². The summed E-state index contributed by atoms with van der Waals surface area (Å²) in [6, 6.07) is 0.